The van der Waals surface area contributed by atoms with E-state index >= 15 is 0 Å². The Labute approximate surface area is 114 Å². The molecule has 0 atom stereocenters. The number of nitrogens with zero attached hydrogens (tertiary/aromatic N) is 1. The number of hydrogen-bond donors (Lipinski definition) is 2. The van der Waals surface area contributed by atoms with E-state index in [9.17, 15) is 9.18 Å². The number of halogens is 3. The largest absolute Gasteiger partial charge is 0.465 e. The molecule has 0 aliphatic carbocycles. The fourth-order valence-corrected chi connectivity index (χ4v) is 2.40. The number of carboxylic acid groups (broad SMARTS) is 1. The van der Waals surface area contributed by atoms with E-state index in [0.29, 0.717) is 14.3 Å². The Hall–Kier alpha value is -1.15. The van der Waals surface area contributed by atoms with E-state index < -0.39 is 11.9 Å². The molecule has 0 fully saturated rings. The molecule has 0 spiro atoms. The molecule has 1 heterocycles. The highest BCUT2D eigenvalue weighted by molar-refractivity contribution is 14.1. The van der Waals surface area contributed by atoms with Gasteiger partial charge < -0.3 is 5.11 Å². The standard InChI is InChI=1S/C10H5ClFIN2O2/c11-8-5-3-14-7(15-10(16)17)2-4(5)1-6(13)9(8)12/h1-3H,(H,14,15)(H,16,17). The van der Waals surface area contributed by atoms with Gasteiger partial charge >= 0.3 is 6.09 Å². The van der Waals surface area contributed by atoms with E-state index in [2.05, 4.69) is 10.3 Å². The van der Waals surface area contributed by atoms with Crippen LogP contribution in [-0.2, 0) is 0 Å². The quantitative estimate of drug-likeness (QED) is 0.597. The third kappa shape index (κ3) is 2.42. The highest BCUT2D eigenvalue weighted by Crippen LogP contribution is 2.30. The molecule has 0 aliphatic rings. The minimum absolute atomic E-state index is 0.0127. The van der Waals surface area contributed by atoms with Crippen molar-refractivity contribution in [1.29, 1.82) is 0 Å². The van der Waals surface area contributed by atoms with Gasteiger partial charge in [-0.1, -0.05) is 11.6 Å². The van der Waals surface area contributed by atoms with E-state index in [4.69, 9.17) is 16.7 Å². The molecular weight excluding hydrogens is 361 g/mol. The molecule has 7 heteroatoms. The molecule has 4 nitrogen and oxygen atoms in total. The molecule has 2 aromatic rings. The van der Waals surface area contributed by atoms with Crippen LogP contribution in [0.4, 0.5) is 15.0 Å². The van der Waals surface area contributed by atoms with Crippen LogP contribution in [0.15, 0.2) is 18.3 Å². The minimum atomic E-state index is -1.21. The zero-order chi connectivity index (χ0) is 12.6. The van der Waals surface area contributed by atoms with Gasteiger partial charge in [-0.3, -0.25) is 5.32 Å². The van der Waals surface area contributed by atoms with Gasteiger partial charge in [0.05, 0.1) is 8.59 Å². The normalized spacial score (nSPS) is 10.5. The lowest BCUT2D eigenvalue weighted by Gasteiger charge is -2.06. The first-order valence-electron chi connectivity index (χ1n) is 4.42. The van der Waals surface area contributed by atoms with Crippen LogP contribution in [-0.4, -0.2) is 16.2 Å². The maximum Gasteiger partial charge on any atom is 0.410 e. The highest BCUT2D eigenvalue weighted by atomic mass is 127. The van der Waals surface area contributed by atoms with Crippen LogP contribution in [0.1, 0.15) is 0 Å². The van der Waals surface area contributed by atoms with Crippen molar-refractivity contribution < 1.29 is 14.3 Å². The van der Waals surface area contributed by atoms with Gasteiger partial charge in [0.25, 0.3) is 0 Å². The smallest absolute Gasteiger partial charge is 0.410 e. The Morgan fingerprint density at radius 3 is 2.88 bits per heavy atom. The SMILES string of the molecule is O=C(O)Nc1cc2cc(I)c(F)c(Cl)c2cn1. The molecule has 0 saturated heterocycles. The van der Waals surface area contributed by atoms with Crippen molar-refractivity contribution >= 4 is 56.9 Å². The van der Waals surface area contributed by atoms with E-state index in [1.54, 1.807) is 6.07 Å². The van der Waals surface area contributed by atoms with Crippen LogP contribution in [0.3, 0.4) is 0 Å². The summed E-state index contributed by atoms with van der Waals surface area (Å²) in [5, 5.41) is 11.7. The number of pyridine rings is 1. The average molecular weight is 367 g/mol. The number of rotatable bonds is 1. The Bertz CT molecular complexity index is 621. The second-order valence-corrected chi connectivity index (χ2v) is 4.75. The third-order valence-corrected chi connectivity index (χ3v) is 3.25. The lowest BCUT2D eigenvalue weighted by atomic mass is 10.1. The second kappa shape index (κ2) is 4.61. The van der Waals surface area contributed by atoms with Crippen molar-refractivity contribution in [3.63, 3.8) is 0 Å². The van der Waals surface area contributed by atoms with Crippen molar-refractivity contribution in [2.45, 2.75) is 0 Å². The van der Waals surface area contributed by atoms with Gasteiger partial charge in [-0.05, 0) is 40.1 Å². The zero-order valence-corrected chi connectivity index (χ0v) is 11.1. The van der Waals surface area contributed by atoms with Gasteiger partial charge in [-0.25, -0.2) is 14.2 Å². The van der Waals surface area contributed by atoms with Crippen molar-refractivity contribution in [1.82, 2.24) is 4.98 Å². The number of anilines is 1. The topological polar surface area (TPSA) is 62.2 Å². The minimum Gasteiger partial charge on any atom is -0.465 e. The molecular formula is C10H5ClFIN2O2. The molecule has 0 aliphatic heterocycles. The number of hydrogen-bond acceptors (Lipinski definition) is 2. The van der Waals surface area contributed by atoms with E-state index in [-0.39, 0.29) is 10.8 Å². The predicted octanol–water partition coefficient (Wildman–Crippen LogP) is 3.72. The average Bonchev–Trinajstić information content (AvgIpc) is 2.25. The number of aromatic nitrogens is 1. The number of benzene rings is 1. The van der Waals surface area contributed by atoms with Crippen LogP contribution in [0.2, 0.25) is 5.02 Å². The van der Waals surface area contributed by atoms with E-state index in [1.807, 2.05) is 22.6 Å². The van der Waals surface area contributed by atoms with Crippen LogP contribution >= 0.6 is 34.2 Å². The summed E-state index contributed by atoms with van der Waals surface area (Å²) in [6.45, 7) is 0. The fourth-order valence-electron chi connectivity index (χ4n) is 1.37. The molecule has 2 rings (SSSR count). The molecule has 88 valence electrons. The first-order chi connectivity index (χ1) is 7.99. The zero-order valence-electron chi connectivity index (χ0n) is 8.17. The summed E-state index contributed by atoms with van der Waals surface area (Å²) in [5.74, 6) is -0.330. The molecule has 17 heavy (non-hydrogen) atoms. The number of carbonyl (C=O) groups is 1. The summed E-state index contributed by atoms with van der Waals surface area (Å²) < 4.78 is 13.9. The van der Waals surface area contributed by atoms with Crippen molar-refractivity contribution in [2.75, 3.05) is 5.32 Å². The van der Waals surface area contributed by atoms with E-state index in [0.717, 1.165) is 0 Å². The summed E-state index contributed by atoms with van der Waals surface area (Å²) in [6, 6.07) is 3.07. The van der Waals surface area contributed by atoms with Crippen LogP contribution in [0, 0.1) is 9.39 Å². The van der Waals surface area contributed by atoms with Crippen molar-refractivity contribution in [2.24, 2.45) is 0 Å². The molecule has 0 unspecified atom stereocenters. The summed E-state index contributed by atoms with van der Waals surface area (Å²) >= 11 is 7.65. The first-order valence-corrected chi connectivity index (χ1v) is 5.88. The molecule has 1 aromatic heterocycles. The Kier molecular flexibility index (Phi) is 3.34. The summed E-state index contributed by atoms with van der Waals surface area (Å²) in [7, 11) is 0. The summed E-state index contributed by atoms with van der Waals surface area (Å²) in [6.07, 6.45) is 0.127. The first kappa shape index (κ1) is 12.3. The van der Waals surface area contributed by atoms with Gasteiger partial charge in [0.2, 0.25) is 0 Å². The van der Waals surface area contributed by atoms with Gasteiger partial charge in [0, 0.05) is 11.6 Å². The number of nitrogens with one attached hydrogen (secondary N) is 1. The number of amides is 1. The van der Waals surface area contributed by atoms with Gasteiger partial charge in [0.15, 0.2) is 5.82 Å². The fraction of sp³-hybridized carbons (Fsp3) is 0. The lowest BCUT2D eigenvalue weighted by molar-refractivity contribution is 0.209. The Morgan fingerprint density at radius 1 is 1.53 bits per heavy atom. The summed E-state index contributed by atoms with van der Waals surface area (Å²) in [4.78, 5) is 14.3. The Balaban J connectivity index is 2.62. The second-order valence-electron chi connectivity index (χ2n) is 3.21. The highest BCUT2D eigenvalue weighted by Gasteiger charge is 2.11. The molecule has 1 aromatic carbocycles. The third-order valence-electron chi connectivity index (χ3n) is 2.09. The van der Waals surface area contributed by atoms with Crippen LogP contribution in [0.25, 0.3) is 10.8 Å². The molecule has 0 radical (unpaired) electrons. The molecule has 0 bridgehead atoms. The molecule has 2 N–H and O–H groups in total. The Morgan fingerprint density at radius 2 is 2.24 bits per heavy atom. The summed E-state index contributed by atoms with van der Waals surface area (Å²) in [5.41, 5.74) is 0. The predicted molar refractivity (Wildman–Crippen MR) is 71.1 cm³/mol. The van der Waals surface area contributed by atoms with Gasteiger partial charge in [-0.2, -0.15) is 0 Å². The van der Waals surface area contributed by atoms with Crippen LogP contribution in [0.5, 0.6) is 0 Å². The van der Waals surface area contributed by atoms with Crippen molar-refractivity contribution in [3.8, 4) is 0 Å². The maximum absolute atomic E-state index is 13.5. The maximum atomic E-state index is 13.5. The van der Waals surface area contributed by atoms with Gasteiger partial charge in [-0.15, -0.1) is 0 Å². The monoisotopic (exact) mass is 366 g/mol. The van der Waals surface area contributed by atoms with Crippen molar-refractivity contribution in [3.05, 3.63) is 32.7 Å². The van der Waals surface area contributed by atoms with Gasteiger partial charge in [0.1, 0.15) is 5.82 Å². The lowest BCUT2D eigenvalue weighted by Crippen LogP contribution is -2.08. The van der Waals surface area contributed by atoms with Crippen LogP contribution < -0.4 is 5.32 Å². The van der Waals surface area contributed by atoms with E-state index in [1.165, 1.54) is 12.3 Å². The molecule has 1 amide bonds. The molecule has 0 saturated carbocycles. The number of fused-ring (bicyclic) bond motifs is 1.